The van der Waals surface area contributed by atoms with Crippen LogP contribution in [0.5, 0.6) is 0 Å². The van der Waals surface area contributed by atoms with Crippen molar-refractivity contribution in [1.29, 1.82) is 0 Å². The molecule has 6 saturated carbocycles. The SMILES string of the molecule is C=C(C)[C@@H]1CC[C@]2(C(=O)N3CCC(C(=O)OCC)CC3)CC[C@]3(C)[C@H](CC[C@@H]4[C@]5(C)CC[C@H]([C@@]6(C(=O)O)C[C@@](Cc7ccccc7)(C(=O)O)C6(C)C)C(C)(C)[C@H]5CC[C@]43C)[C@@H]12. The zero-order valence-corrected chi connectivity index (χ0v) is 39.0. The van der Waals surface area contributed by atoms with E-state index in [4.69, 9.17) is 4.74 Å². The van der Waals surface area contributed by atoms with Crippen molar-refractivity contribution in [2.75, 3.05) is 19.7 Å². The highest BCUT2D eigenvalue weighted by Crippen LogP contribution is 2.81. The van der Waals surface area contributed by atoms with Crippen LogP contribution in [0, 0.1) is 84.7 Å². The largest absolute Gasteiger partial charge is 0.481 e. The van der Waals surface area contributed by atoms with Crippen LogP contribution in [0.2, 0.25) is 0 Å². The van der Waals surface area contributed by atoms with Gasteiger partial charge in [0.1, 0.15) is 0 Å². The number of carboxylic acid groups (broad SMARTS) is 2. The van der Waals surface area contributed by atoms with Gasteiger partial charge < -0.3 is 19.8 Å². The second-order valence-electron chi connectivity index (χ2n) is 23.7. The average Bonchev–Trinajstić information content (AvgIpc) is 3.61. The number of amides is 1. The Bertz CT molecular complexity index is 1950. The van der Waals surface area contributed by atoms with Crippen molar-refractivity contribution in [3.05, 3.63) is 48.0 Å². The number of carboxylic acids is 2. The summed E-state index contributed by atoms with van der Waals surface area (Å²) in [6.07, 6.45) is 11.8. The summed E-state index contributed by atoms with van der Waals surface area (Å²) in [7, 11) is 0. The lowest BCUT2D eigenvalue weighted by atomic mass is 9.27. The maximum Gasteiger partial charge on any atom is 0.310 e. The van der Waals surface area contributed by atoms with E-state index in [1.54, 1.807) is 0 Å². The number of aliphatic carboxylic acids is 2. The highest BCUT2D eigenvalue weighted by Gasteiger charge is 2.81. The highest BCUT2D eigenvalue weighted by molar-refractivity contribution is 5.87. The van der Waals surface area contributed by atoms with Gasteiger partial charge in [0.25, 0.3) is 0 Å². The minimum absolute atomic E-state index is 0.0134. The number of fused-ring (bicyclic) bond motifs is 7. The Labute approximate surface area is 366 Å². The summed E-state index contributed by atoms with van der Waals surface area (Å²) in [5, 5.41) is 22.4. The van der Waals surface area contributed by atoms with Crippen molar-refractivity contribution in [1.82, 2.24) is 4.90 Å². The summed E-state index contributed by atoms with van der Waals surface area (Å²) in [6.45, 7) is 26.6. The van der Waals surface area contributed by atoms with E-state index in [-0.39, 0.29) is 57.2 Å². The molecule has 1 aromatic rings. The molecule has 8 rings (SSSR count). The summed E-state index contributed by atoms with van der Waals surface area (Å²) >= 11 is 0. The van der Waals surface area contributed by atoms with Gasteiger partial charge in [0.15, 0.2) is 0 Å². The highest BCUT2D eigenvalue weighted by atomic mass is 16.5. The van der Waals surface area contributed by atoms with Gasteiger partial charge in [-0.1, -0.05) is 91.0 Å². The van der Waals surface area contributed by atoms with Crippen LogP contribution in [-0.4, -0.2) is 58.6 Å². The van der Waals surface area contributed by atoms with Crippen LogP contribution >= 0.6 is 0 Å². The maximum atomic E-state index is 15.1. The van der Waals surface area contributed by atoms with Crippen molar-refractivity contribution in [3.63, 3.8) is 0 Å². The van der Waals surface area contributed by atoms with E-state index in [2.05, 4.69) is 53.0 Å². The molecule has 61 heavy (non-hydrogen) atoms. The molecule has 0 radical (unpaired) electrons. The molecule has 8 nitrogen and oxygen atoms in total. The van der Waals surface area contributed by atoms with Gasteiger partial charge in [0.05, 0.1) is 28.8 Å². The van der Waals surface area contributed by atoms with E-state index in [0.29, 0.717) is 68.5 Å². The third-order valence-electron chi connectivity index (χ3n) is 21.6. The number of hydrogen-bond donors (Lipinski definition) is 2. The number of ether oxygens (including phenoxy) is 1. The molecule has 336 valence electrons. The van der Waals surface area contributed by atoms with Crippen LogP contribution in [0.3, 0.4) is 0 Å². The smallest absolute Gasteiger partial charge is 0.310 e. The van der Waals surface area contributed by atoms with Gasteiger partial charge in [-0.25, -0.2) is 0 Å². The van der Waals surface area contributed by atoms with E-state index >= 15 is 4.79 Å². The molecular weight excluding hydrogens is 763 g/mol. The lowest BCUT2D eigenvalue weighted by Crippen LogP contribution is -2.75. The molecule has 0 spiro atoms. The fraction of sp³-hybridized carbons (Fsp3) is 0.774. The molecule has 1 amide bonds. The van der Waals surface area contributed by atoms with Gasteiger partial charge >= 0.3 is 17.9 Å². The summed E-state index contributed by atoms with van der Waals surface area (Å²) in [4.78, 5) is 57.1. The van der Waals surface area contributed by atoms with Crippen molar-refractivity contribution >= 4 is 23.8 Å². The predicted molar refractivity (Wildman–Crippen MR) is 237 cm³/mol. The minimum Gasteiger partial charge on any atom is -0.481 e. The molecule has 1 saturated heterocycles. The summed E-state index contributed by atoms with van der Waals surface area (Å²) < 4.78 is 5.36. The fourth-order valence-corrected chi connectivity index (χ4v) is 18.2. The van der Waals surface area contributed by atoms with Gasteiger partial charge in [-0.2, -0.15) is 0 Å². The predicted octanol–water partition coefficient (Wildman–Crippen LogP) is 10.9. The Morgan fingerprint density at radius 1 is 0.754 bits per heavy atom. The summed E-state index contributed by atoms with van der Waals surface area (Å²) in [5.74, 6) is -0.000633. The monoisotopic (exact) mass is 840 g/mol. The van der Waals surface area contributed by atoms with Crippen molar-refractivity contribution < 1.29 is 34.1 Å². The summed E-state index contributed by atoms with van der Waals surface area (Å²) in [5.41, 5.74) is -1.71. The van der Waals surface area contributed by atoms with Crippen LogP contribution in [0.4, 0.5) is 0 Å². The first-order valence-corrected chi connectivity index (χ1v) is 24.2. The molecule has 0 aromatic heterocycles. The Balaban J connectivity index is 1.08. The molecule has 1 heterocycles. The first-order valence-electron chi connectivity index (χ1n) is 24.2. The van der Waals surface area contributed by atoms with Crippen LogP contribution in [-0.2, 0) is 30.3 Å². The molecule has 7 aliphatic rings. The molecule has 6 aliphatic carbocycles. The average molecular weight is 840 g/mol. The Hall–Kier alpha value is -3.16. The number of allylic oxidation sites excluding steroid dienone is 1. The molecule has 8 heteroatoms. The van der Waals surface area contributed by atoms with Gasteiger partial charge in [-0.05, 0) is 172 Å². The number of carbonyl (C=O) groups excluding carboxylic acids is 2. The molecule has 12 atom stereocenters. The maximum absolute atomic E-state index is 15.1. The van der Waals surface area contributed by atoms with Gasteiger partial charge in [0, 0.05) is 13.1 Å². The number of nitrogens with zero attached hydrogens (tertiary/aromatic N) is 1. The number of carbonyl (C=O) groups is 4. The normalized spacial score (nSPS) is 43.7. The number of hydrogen-bond acceptors (Lipinski definition) is 5. The Morgan fingerprint density at radius 3 is 2.00 bits per heavy atom. The number of rotatable bonds is 9. The van der Waals surface area contributed by atoms with E-state index in [1.165, 1.54) is 5.57 Å². The van der Waals surface area contributed by atoms with Crippen molar-refractivity contribution in [3.8, 4) is 0 Å². The lowest BCUT2D eigenvalue weighted by molar-refractivity contribution is -0.285. The number of benzene rings is 1. The molecule has 1 aliphatic heterocycles. The molecular formula is C53H77NO7. The zero-order chi connectivity index (χ0) is 44.3. The van der Waals surface area contributed by atoms with Crippen LogP contribution < -0.4 is 0 Å². The fourth-order valence-electron chi connectivity index (χ4n) is 18.2. The van der Waals surface area contributed by atoms with Crippen LogP contribution in [0.15, 0.2) is 42.5 Å². The summed E-state index contributed by atoms with van der Waals surface area (Å²) in [6, 6.07) is 9.75. The quantitative estimate of drug-likeness (QED) is 0.188. The molecule has 0 bridgehead atoms. The van der Waals surface area contributed by atoms with Gasteiger partial charge in [-0.3, -0.25) is 19.2 Å². The van der Waals surface area contributed by atoms with Crippen LogP contribution in [0.25, 0.3) is 0 Å². The van der Waals surface area contributed by atoms with E-state index < -0.39 is 28.2 Å². The van der Waals surface area contributed by atoms with Crippen molar-refractivity contribution in [2.45, 2.75) is 152 Å². The van der Waals surface area contributed by atoms with Crippen LogP contribution in [0.1, 0.15) is 151 Å². The lowest BCUT2D eigenvalue weighted by Gasteiger charge is -2.75. The van der Waals surface area contributed by atoms with E-state index in [1.807, 2.05) is 51.1 Å². The first kappa shape index (κ1) is 44.4. The number of esters is 1. The molecule has 7 fully saturated rings. The second kappa shape index (κ2) is 14.7. The third-order valence-corrected chi connectivity index (χ3v) is 21.6. The van der Waals surface area contributed by atoms with Gasteiger partial charge in [0.2, 0.25) is 5.91 Å². The number of likely N-dealkylation sites (tertiary alicyclic amines) is 1. The molecule has 1 aromatic carbocycles. The van der Waals surface area contributed by atoms with E-state index in [0.717, 1.165) is 69.8 Å². The van der Waals surface area contributed by atoms with Gasteiger partial charge in [-0.15, -0.1) is 0 Å². The van der Waals surface area contributed by atoms with E-state index in [9.17, 15) is 24.6 Å². The topological polar surface area (TPSA) is 121 Å². The Morgan fingerprint density at radius 2 is 1.41 bits per heavy atom. The zero-order valence-electron chi connectivity index (χ0n) is 39.0. The third kappa shape index (κ3) is 5.79. The number of piperidine rings is 1. The van der Waals surface area contributed by atoms with Crippen molar-refractivity contribution in [2.24, 2.45) is 84.7 Å². The minimum atomic E-state index is -1.17. The second-order valence-corrected chi connectivity index (χ2v) is 23.7. The molecule has 2 N–H and O–H groups in total. The molecule has 0 unspecified atom stereocenters. The first-order chi connectivity index (χ1) is 28.6. The Kier molecular flexibility index (Phi) is 10.7. The standard InChI is InChI=1S/C53H77NO7/c1-11-61-42(55)35-22-29-54(30-23-35)43(56)51-26-19-36(33(2)3)41(51)37-17-18-40-48(8)24-20-39(46(4,5)38(48)21-25-50(40,10)49(37,9)27-28-51)53(45(59)60)32-52(44(57)58,47(53,6)7)31-34-15-13-12-14-16-34/h12-16,35-41H,2,11,17-32H2,1,3-10H3,(H,57,58)(H,59,60)/t36-,37+,38+,39-,40+,41+,48+,49+,50+,51-,52-,53+/m0/s1.